The summed E-state index contributed by atoms with van der Waals surface area (Å²) in [6, 6.07) is 0. The van der Waals surface area contributed by atoms with Crippen LogP contribution in [0.1, 0.15) is 0 Å². The maximum atomic E-state index is 7.00. The number of aliphatic hydroxyl groups excluding tert-OH is 1. The number of nitrogens with one attached hydrogen (secondary N) is 1. The van der Waals surface area contributed by atoms with Crippen molar-refractivity contribution >= 4 is 0 Å². The maximum absolute atomic E-state index is 7.00. The van der Waals surface area contributed by atoms with Gasteiger partial charge in [0.05, 0.1) is 0 Å². The second-order valence-corrected chi connectivity index (χ2v) is 0.500. The molecule has 0 saturated heterocycles. The van der Waals surface area contributed by atoms with E-state index < -0.39 is 0 Å². The zero-order valence-electron chi connectivity index (χ0n) is 3.95. The second-order valence-electron chi connectivity index (χ2n) is 0.500. The Morgan fingerprint density at radius 1 is 1.20 bits per heavy atom. The average molecular weight is 77.1 g/mol. The van der Waals surface area contributed by atoms with Crippen LogP contribution in [-0.4, -0.2) is 26.3 Å². The van der Waals surface area contributed by atoms with Crippen LogP contribution in [0.2, 0.25) is 0 Å². The van der Waals surface area contributed by atoms with Gasteiger partial charge in [-0.2, -0.15) is 0 Å². The van der Waals surface area contributed by atoms with E-state index in [1.165, 1.54) is 0 Å². The number of hydrogen-bond acceptors (Lipinski definition) is 2. The Bertz CT molecular complexity index is 6.85. The third kappa shape index (κ3) is 2260. The topological polar surface area (TPSA) is 32.3 Å². The van der Waals surface area contributed by atoms with Crippen molar-refractivity contribution in [3.05, 3.63) is 0 Å². The lowest BCUT2D eigenvalue weighted by Gasteiger charge is -1.59. The lowest BCUT2D eigenvalue weighted by molar-refractivity contribution is 0.399. The smallest absolute Gasteiger partial charge is 0.0319 e. The fourth-order valence-corrected chi connectivity index (χ4v) is 0. The average Bonchev–Trinajstić information content (AvgIpc) is 1.46. The highest BCUT2D eigenvalue weighted by molar-refractivity contribution is 3.91. The summed E-state index contributed by atoms with van der Waals surface area (Å²) in [5.74, 6) is 0. The predicted molar refractivity (Wildman–Crippen MR) is 23.1 cm³/mol. The molecule has 0 rings (SSSR count). The Morgan fingerprint density at radius 2 is 1.20 bits per heavy atom. The molecule has 0 fully saturated rings. The molecule has 0 aliphatic heterocycles. The monoisotopic (exact) mass is 77.1 g/mol. The summed E-state index contributed by atoms with van der Waals surface area (Å²) in [6.07, 6.45) is 0. The summed E-state index contributed by atoms with van der Waals surface area (Å²) < 4.78 is 0. The van der Waals surface area contributed by atoms with Gasteiger partial charge in [0.15, 0.2) is 0 Å². The molecular weight excluding hydrogens is 66.0 g/mol. The van der Waals surface area contributed by atoms with Gasteiger partial charge in [-0.25, -0.2) is 0 Å². The van der Waals surface area contributed by atoms with Gasteiger partial charge in [0, 0.05) is 7.11 Å². The summed E-state index contributed by atoms with van der Waals surface area (Å²) in [4.78, 5) is 0. The Kier molecular flexibility index (Phi) is 70.0. The van der Waals surface area contributed by atoms with E-state index in [-0.39, 0.29) is 0 Å². The first-order valence-corrected chi connectivity index (χ1v) is 1.45. The molecule has 0 aliphatic carbocycles. The molecule has 0 heterocycles. The van der Waals surface area contributed by atoms with Gasteiger partial charge in [0.25, 0.3) is 0 Å². The molecule has 0 aliphatic rings. The van der Waals surface area contributed by atoms with Crippen molar-refractivity contribution in [2.45, 2.75) is 0 Å². The highest BCUT2D eigenvalue weighted by Gasteiger charge is 1.25. The summed E-state index contributed by atoms with van der Waals surface area (Å²) in [7, 11) is 4.75. The zero-order valence-corrected chi connectivity index (χ0v) is 3.95. The molecule has 0 amide bonds. The fourth-order valence-electron chi connectivity index (χ4n) is 0. The fraction of sp³-hybridized carbons (Fsp3) is 1.00. The van der Waals surface area contributed by atoms with E-state index in [0.29, 0.717) is 0 Å². The molecule has 0 radical (unpaired) electrons. The first-order valence-electron chi connectivity index (χ1n) is 1.45. The van der Waals surface area contributed by atoms with Gasteiger partial charge in [0.2, 0.25) is 0 Å². The van der Waals surface area contributed by atoms with E-state index in [1.54, 1.807) is 0 Å². The predicted octanol–water partition coefficient (Wildman–Crippen LogP) is -0.556. The van der Waals surface area contributed by atoms with Gasteiger partial charge in [0.1, 0.15) is 0 Å². The minimum atomic E-state index is 1.00. The van der Waals surface area contributed by atoms with Crippen LogP contribution >= 0.6 is 0 Å². The molecule has 0 spiro atoms. The van der Waals surface area contributed by atoms with Gasteiger partial charge in [-0.15, -0.1) is 0 Å². The molecule has 34 valence electrons. The second kappa shape index (κ2) is 39.5. The molecule has 2 heteroatoms. The number of hydrogen-bond donors (Lipinski definition) is 2. The third-order valence-corrected chi connectivity index (χ3v) is 0. The molecule has 0 aromatic heterocycles. The zero-order chi connectivity index (χ0) is 4.71. The van der Waals surface area contributed by atoms with Crippen LogP contribution in [0.15, 0.2) is 0 Å². The SMILES string of the molecule is CNC.CO. The van der Waals surface area contributed by atoms with Crippen molar-refractivity contribution in [1.29, 1.82) is 0 Å². The van der Waals surface area contributed by atoms with Crippen LogP contribution in [0.5, 0.6) is 0 Å². The molecular formula is C3H11NO. The summed E-state index contributed by atoms with van der Waals surface area (Å²) >= 11 is 0. The summed E-state index contributed by atoms with van der Waals surface area (Å²) in [6.45, 7) is 0. The standard InChI is InChI=1S/C2H7N.CH4O/c1-3-2;1-2/h3H,1-2H3;2H,1H3. The largest absolute Gasteiger partial charge is 0.400 e. The molecule has 0 unspecified atom stereocenters. The Balaban J connectivity index is 0. The first kappa shape index (κ1) is 8.87. The van der Waals surface area contributed by atoms with Crippen LogP contribution < -0.4 is 5.32 Å². The third-order valence-electron chi connectivity index (χ3n) is 0. The van der Waals surface area contributed by atoms with Crippen LogP contribution in [0, 0.1) is 0 Å². The molecule has 2 N–H and O–H groups in total. The van der Waals surface area contributed by atoms with Crippen molar-refractivity contribution in [2.24, 2.45) is 0 Å². The van der Waals surface area contributed by atoms with E-state index >= 15 is 0 Å². The highest BCUT2D eigenvalue weighted by Crippen LogP contribution is 0.981. The van der Waals surface area contributed by atoms with Gasteiger partial charge in [-0.05, 0) is 14.1 Å². The molecule has 0 atom stereocenters. The Morgan fingerprint density at radius 3 is 1.20 bits per heavy atom. The lowest BCUT2D eigenvalue weighted by Crippen LogP contribution is -1.89. The lowest BCUT2D eigenvalue weighted by atomic mass is 11.3. The van der Waals surface area contributed by atoms with Crippen molar-refractivity contribution in [1.82, 2.24) is 5.32 Å². The van der Waals surface area contributed by atoms with Crippen LogP contribution in [-0.2, 0) is 0 Å². The molecule has 5 heavy (non-hydrogen) atoms. The molecule has 2 nitrogen and oxygen atoms in total. The van der Waals surface area contributed by atoms with E-state index in [1.807, 2.05) is 14.1 Å². The Labute approximate surface area is 32.8 Å². The summed E-state index contributed by atoms with van der Waals surface area (Å²) in [5, 5.41) is 9.75. The molecule has 0 bridgehead atoms. The van der Waals surface area contributed by atoms with Gasteiger partial charge in [-0.1, -0.05) is 0 Å². The van der Waals surface area contributed by atoms with Crippen molar-refractivity contribution in [2.75, 3.05) is 21.2 Å². The minimum Gasteiger partial charge on any atom is -0.400 e. The van der Waals surface area contributed by atoms with E-state index in [2.05, 4.69) is 5.32 Å². The van der Waals surface area contributed by atoms with Gasteiger partial charge in [-0.3, -0.25) is 0 Å². The molecule has 0 saturated carbocycles. The normalized spacial score (nSPS) is 4.80. The van der Waals surface area contributed by atoms with E-state index in [4.69, 9.17) is 5.11 Å². The van der Waals surface area contributed by atoms with Gasteiger partial charge < -0.3 is 10.4 Å². The van der Waals surface area contributed by atoms with Crippen LogP contribution in [0.25, 0.3) is 0 Å². The first-order chi connectivity index (χ1) is 2.41. The van der Waals surface area contributed by atoms with Crippen LogP contribution in [0.3, 0.4) is 0 Å². The van der Waals surface area contributed by atoms with Crippen LogP contribution in [0.4, 0.5) is 0 Å². The highest BCUT2D eigenvalue weighted by atomic mass is 16.2. The van der Waals surface area contributed by atoms with Crippen molar-refractivity contribution in [3.63, 3.8) is 0 Å². The van der Waals surface area contributed by atoms with Gasteiger partial charge >= 0.3 is 0 Å². The number of aliphatic hydroxyl groups is 1. The van der Waals surface area contributed by atoms with E-state index in [0.717, 1.165) is 7.11 Å². The maximum Gasteiger partial charge on any atom is 0.0319 e. The molecule has 0 aromatic carbocycles. The van der Waals surface area contributed by atoms with Crippen molar-refractivity contribution < 1.29 is 5.11 Å². The van der Waals surface area contributed by atoms with E-state index in [9.17, 15) is 0 Å². The summed E-state index contributed by atoms with van der Waals surface area (Å²) in [5.41, 5.74) is 0. The molecule has 0 aromatic rings. The quantitative estimate of drug-likeness (QED) is 0.406. The number of rotatable bonds is 0. The Hall–Kier alpha value is -0.0800. The van der Waals surface area contributed by atoms with Crippen molar-refractivity contribution in [3.8, 4) is 0 Å². The minimum absolute atomic E-state index is 1.00.